The summed E-state index contributed by atoms with van der Waals surface area (Å²) in [4.78, 5) is 18.6. The zero-order valence-corrected chi connectivity index (χ0v) is 14.6. The molecule has 1 aromatic heterocycles. The van der Waals surface area contributed by atoms with Gasteiger partial charge in [-0.3, -0.25) is 4.98 Å². The van der Waals surface area contributed by atoms with E-state index in [0.717, 1.165) is 30.6 Å². The van der Waals surface area contributed by atoms with Gasteiger partial charge >= 0.3 is 6.03 Å². The number of amides is 2. The van der Waals surface area contributed by atoms with Gasteiger partial charge in [0.2, 0.25) is 0 Å². The number of nitrogens with one attached hydrogen (secondary N) is 2. The lowest BCUT2D eigenvalue weighted by Gasteiger charge is -2.27. The summed E-state index contributed by atoms with van der Waals surface area (Å²) < 4.78 is 13.5. The van der Waals surface area contributed by atoms with Gasteiger partial charge in [-0.05, 0) is 37.1 Å². The second-order valence-corrected chi connectivity index (χ2v) is 6.47. The first-order valence-electron chi connectivity index (χ1n) is 8.14. The average Bonchev–Trinajstić information content (AvgIpc) is 3.20. The molecule has 0 saturated carbocycles. The van der Waals surface area contributed by atoms with Gasteiger partial charge in [0.15, 0.2) is 0 Å². The number of carbonyl (C=O) groups excluding carboxylic acids is 1. The molecule has 1 aromatic carbocycles. The van der Waals surface area contributed by atoms with Gasteiger partial charge in [-0.15, -0.1) is 12.4 Å². The number of aryl methyl sites for hydroxylation is 1. The average molecular weight is 363 g/mol. The molecule has 2 saturated heterocycles. The maximum Gasteiger partial charge on any atom is 0.322 e. The number of likely N-dealkylation sites (tertiary alicyclic amines) is 1. The topological polar surface area (TPSA) is 57.3 Å². The molecule has 0 radical (unpaired) electrons. The minimum absolute atomic E-state index is 0. The van der Waals surface area contributed by atoms with E-state index >= 15 is 0 Å². The number of urea groups is 1. The number of fused-ring (bicyclic) bond motifs is 2. The number of hydrogen-bond donors (Lipinski definition) is 2. The van der Waals surface area contributed by atoms with Crippen LogP contribution in [0.25, 0.3) is 11.3 Å². The normalized spacial score (nSPS) is 21.1. The van der Waals surface area contributed by atoms with Crippen LogP contribution in [0.2, 0.25) is 0 Å². The Hall–Kier alpha value is -2.18. The summed E-state index contributed by atoms with van der Waals surface area (Å²) in [6, 6.07) is 8.97. The molecule has 2 bridgehead atoms. The van der Waals surface area contributed by atoms with E-state index in [4.69, 9.17) is 0 Å². The third kappa shape index (κ3) is 3.45. The van der Waals surface area contributed by atoms with Crippen molar-refractivity contribution in [1.82, 2.24) is 15.2 Å². The first kappa shape index (κ1) is 17.6. The minimum atomic E-state index is -0.325. The Kier molecular flexibility index (Phi) is 4.92. The number of benzene rings is 1. The van der Waals surface area contributed by atoms with Crippen LogP contribution in [0.1, 0.15) is 12.0 Å². The van der Waals surface area contributed by atoms with E-state index in [0.29, 0.717) is 17.4 Å². The van der Waals surface area contributed by atoms with Crippen LogP contribution in [-0.4, -0.2) is 41.1 Å². The number of rotatable bonds is 2. The molecule has 3 heterocycles. The van der Waals surface area contributed by atoms with Crippen LogP contribution in [0, 0.1) is 12.7 Å². The summed E-state index contributed by atoms with van der Waals surface area (Å²) in [5.41, 5.74) is 3.06. The molecular formula is C18H20ClFN4O. The summed E-state index contributed by atoms with van der Waals surface area (Å²) in [5, 5.41) is 6.34. The van der Waals surface area contributed by atoms with Gasteiger partial charge in [0, 0.05) is 48.7 Å². The van der Waals surface area contributed by atoms with Gasteiger partial charge in [0.1, 0.15) is 5.82 Å². The Bertz CT molecular complexity index is 800. The fraction of sp³-hybridized carbons (Fsp3) is 0.333. The first-order valence-corrected chi connectivity index (χ1v) is 8.14. The van der Waals surface area contributed by atoms with Crippen LogP contribution in [0.3, 0.4) is 0 Å². The van der Waals surface area contributed by atoms with Gasteiger partial charge < -0.3 is 15.5 Å². The highest BCUT2D eigenvalue weighted by Gasteiger charge is 2.40. The van der Waals surface area contributed by atoms with Crippen molar-refractivity contribution in [2.24, 2.45) is 0 Å². The van der Waals surface area contributed by atoms with E-state index in [1.54, 1.807) is 0 Å². The van der Waals surface area contributed by atoms with Crippen molar-refractivity contribution < 1.29 is 9.18 Å². The molecule has 2 aliphatic rings. The molecule has 132 valence electrons. The molecule has 2 amide bonds. The van der Waals surface area contributed by atoms with Crippen molar-refractivity contribution in [3.8, 4) is 11.3 Å². The van der Waals surface area contributed by atoms with Crippen molar-refractivity contribution in [1.29, 1.82) is 0 Å². The molecule has 0 spiro atoms. The van der Waals surface area contributed by atoms with Crippen molar-refractivity contribution in [3.63, 3.8) is 0 Å². The molecular weight excluding hydrogens is 343 g/mol. The van der Waals surface area contributed by atoms with E-state index < -0.39 is 0 Å². The second-order valence-electron chi connectivity index (χ2n) is 6.47. The molecule has 25 heavy (non-hydrogen) atoms. The van der Waals surface area contributed by atoms with E-state index in [1.165, 1.54) is 18.3 Å². The number of pyridine rings is 1. The van der Waals surface area contributed by atoms with Gasteiger partial charge in [0.05, 0.1) is 5.69 Å². The Labute approximate surface area is 152 Å². The maximum atomic E-state index is 13.5. The Morgan fingerprint density at radius 3 is 2.88 bits per heavy atom. The number of piperazine rings is 1. The lowest BCUT2D eigenvalue weighted by atomic mass is 10.0. The minimum Gasteiger partial charge on any atom is -0.319 e. The lowest BCUT2D eigenvalue weighted by Crippen LogP contribution is -2.48. The van der Waals surface area contributed by atoms with Crippen molar-refractivity contribution in [2.45, 2.75) is 25.4 Å². The molecule has 0 aliphatic carbocycles. The summed E-state index contributed by atoms with van der Waals surface area (Å²) in [6.07, 6.45) is 2.48. The quantitative estimate of drug-likeness (QED) is 0.862. The first-order chi connectivity index (χ1) is 11.6. The molecule has 2 atom stereocenters. The Balaban J connectivity index is 0.00000182. The van der Waals surface area contributed by atoms with E-state index in [9.17, 15) is 9.18 Å². The third-order valence-electron chi connectivity index (χ3n) is 4.80. The molecule has 0 unspecified atom stereocenters. The van der Waals surface area contributed by atoms with Crippen LogP contribution in [0.5, 0.6) is 0 Å². The summed E-state index contributed by atoms with van der Waals surface area (Å²) in [7, 11) is 0. The molecule has 2 N–H and O–H groups in total. The number of carbonyl (C=O) groups is 1. The number of anilines is 1. The van der Waals surface area contributed by atoms with Crippen molar-refractivity contribution >= 4 is 24.1 Å². The van der Waals surface area contributed by atoms with Crippen LogP contribution in [0.15, 0.2) is 36.5 Å². The highest BCUT2D eigenvalue weighted by atomic mass is 35.5. The molecule has 7 heteroatoms. The number of aromatic nitrogens is 1. The fourth-order valence-electron chi connectivity index (χ4n) is 3.53. The molecule has 2 aromatic rings. The van der Waals surface area contributed by atoms with Crippen LogP contribution in [-0.2, 0) is 0 Å². The van der Waals surface area contributed by atoms with Crippen LogP contribution >= 0.6 is 12.4 Å². The van der Waals surface area contributed by atoms with Gasteiger partial charge in [-0.2, -0.15) is 0 Å². The second kappa shape index (κ2) is 6.98. The van der Waals surface area contributed by atoms with E-state index in [2.05, 4.69) is 15.6 Å². The number of halogens is 2. The summed E-state index contributed by atoms with van der Waals surface area (Å²) in [5.74, 6) is -0.325. The van der Waals surface area contributed by atoms with Gasteiger partial charge in [-0.25, -0.2) is 9.18 Å². The highest BCUT2D eigenvalue weighted by molar-refractivity contribution is 5.91. The molecule has 5 nitrogen and oxygen atoms in total. The Morgan fingerprint density at radius 1 is 1.36 bits per heavy atom. The SMILES string of the molecule is Cc1ccc(NC(=O)N2C[C@@H]3C[C@H]2CN3)cc1-c1cc(F)ccn1.Cl. The third-order valence-corrected chi connectivity index (χ3v) is 4.80. The zero-order valence-electron chi connectivity index (χ0n) is 13.8. The number of nitrogens with zero attached hydrogens (tertiary/aromatic N) is 2. The maximum absolute atomic E-state index is 13.5. The predicted molar refractivity (Wildman–Crippen MR) is 97.5 cm³/mol. The standard InChI is InChI=1S/C18H19FN4O.ClH/c1-11-2-3-13(8-16(11)17-6-12(19)4-5-20-17)22-18(24)23-10-14-7-15(23)9-21-14;/h2-6,8,14-15,21H,7,9-10H2,1H3,(H,22,24);1H/t14-,15-;/m0./s1. The monoisotopic (exact) mass is 362 g/mol. The van der Waals surface area contributed by atoms with E-state index in [1.807, 2.05) is 30.0 Å². The van der Waals surface area contributed by atoms with Gasteiger partial charge in [-0.1, -0.05) is 6.07 Å². The molecule has 2 fully saturated rings. The highest BCUT2D eigenvalue weighted by Crippen LogP contribution is 2.27. The number of hydrogen-bond acceptors (Lipinski definition) is 3. The zero-order chi connectivity index (χ0) is 16.7. The summed E-state index contributed by atoms with van der Waals surface area (Å²) >= 11 is 0. The molecule has 2 aliphatic heterocycles. The smallest absolute Gasteiger partial charge is 0.319 e. The van der Waals surface area contributed by atoms with E-state index in [-0.39, 0.29) is 30.3 Å². The van der Waals surface area contributed by atoms with Gasteiger partial charge in [0.25, 0.3) is 0 Å². The fourth-order valence-corrected chi connectivity index (χ4v) is 3.53. The van der Waals surface area contributed by atoms with Crippen molar-refractivity contribution in [3.05, 3.63) is 47.9 Å². The van der Waals surface area contributed by atoms with Crippen molar-refractivity contribution in [2.75, 3.05) is 18.4 Å². The molecule has 4 rings (SSSR count). The lowest BCUT2D eigenvalue weighted by molar-refractivity contribution is 0.199. The Morgan fingerprint density at radius 2 is 2.20 bits per heavy atom. The predicted octanol–water partition coefficient (Wildman–Crippen LogP) is 3.20. The van der Waals surface area contributed by atoms with Crippen LogP contribution in [0.4, 0.5) is 14.9 Å². The summed E-state index contributed by atoms with van der Waals surface area (Å²) in [6.45, 7) is 3.56. The largest absolute Gasteiger partial charge is 0.322 e. The van der Waals surface area contributed by atoms with Crippen LogP contribution < -0.4 is 10.6 Å².